The van der Waals surface area contributed by atoms with Crippen LogP contribution >= 0.6 is 0 Å². The molecule has 4 rings (SSSR count). The smallest absolute Gasteiger partial charge is 0.119 e. The number of hydrogen-bond acceptors (Lipinski definition) is 5. The van der Waals surface area contributed by atoms with E-state index in [1.165, 1.54) is 63.6 Å². The molecule has 5 nitrogen and oxygen atoms in total. The van der Waals surface area contributed by atoms with Gasteiger partial charge in [-0.05, 0) is 56.5 Å². The molecule has 1 aromatic rings. The molecule has 1 unspecified atom stereocenters. The van der Waals surface area contributed by atoms with E-state index in [4.69, 9.17) is 14.2 Å². The second kappa shape index (κ2) is 9.78. The minimum absolute atomic E-state index is 0.311. The van der Waals surface area contributed by atoms with Crippen LogP contribution in [0.2, 0.25) is 0 Å². The zero-order chi connectivity index (χ0) is 20.1. The first-order valence-electron chi connectivity index (χ1n) is 11.5. The first kappa shape index (κ1) is 21.1. The number of benzene rings is 1. The Hall–Kier alpha value is -1.14. The Kier molecular flexibility index (Phi) is 7.12. The molecule has 29 heavy (non-hydrogen) atoms. The average Bonchev–Trinajstić information content (AvgIpc) is 2.77. The number of rotatable bonds is 8. The van der Waals surface area contributed by atoms with Crippen LogP contribution in [-0.4, -0.2) is 74.6 Å². The van der Waals surface area contributed by atoms with Gasteiger partial charge in [-0.1, -0.05) is 31.4 Å². The van der Waals surface area contributed by atoms with Crippen LogP contribution in [0.5, 0.6) is 5.75 Å². The van der Waals surface area contributed by atoms with Crippen LogP contribution in [0.1, 0.15) is 50.5 Å². The molecule has 1 atom stereocenters. The van der Waals surface area contributed by atoms with Crippen LogP contribution in [0.3, 0.4) is 0 Å². The van der Waals surface area contributed by atoms with Gasteiger partial charge in [0.1, 0.15) is 5.75 Å². The van der Waals surface area contributed by atoms with Crippen LogP contribution in [-0.2, 0) is 16.0 Å². The van der Waals surface area contributed by atoms with E-state index in [0.29, 0.717) is 18.2 Å². The topological polar surface area (TPSA) is 34.2 Å². The third-order valence-electron chi connectivity index (χ3n) is 7.40. The Morgan fingerprint density at radius 3 is 2.55 bits per heavy atom. The number of nitrogens with zero attached hydrogens (tertiary/aromatic N) is 2. The maximum atomic E-state index is 6.27. The molecule has 3 fully saturated rings. The van der Waals surface area contributed by atoms with Crippen molar-refractivity contribution in [2.75, 3.05) is 47.1 Å². The molecule has 1 saturated carbocycles. The highest BCUT2D eigenvalue weighted by atomic mass is 16.5. The van der Waals surface area contributed by atoms with Gasteiger partial charge in [-0.15, -0.1) is 0 Å². The minimum atomic E-state index is 0.311. The summed E-state index contributed by atoms with van der Waals surface area (Å²) >= 11 is 0. The Labute approximate surface area is 176 Å². The van der Waals surface area contributed by atoms with Crippen LogP contribution in [0.15, 0.2) is 24.3 Å². The van der Waals surface area contributed by atoms with Gasteiger partial charge in [0.25, 0.3) is 0 Å². The van der Waals surface area contributed by atoms with E-state index in [1.807, 2.05) is 6.07 Å². The number of hydrogen-bond donors (Lipinski definition) is 0. The predicted molar refractivity (Wildman–Crippen MR) is 115 cm³/mol. The van der Waals surface area contributed by atoms with Crippen LogP contribution in [0.4, 0.5) is 0 Å². The molecular formula is C24H38N2O3. The number of piperidine rings is 1. The lowest BCUT2D eigenvalue weighted by Crippen LogP contribution is -2.75. The van der Waals surface area contributed by atoms with Gasteiger partial charge in [0.2, 0.25) is 0 Å². The van der Waals surface area contributed by atoms with Gasteiger partial charge in [0.15, 0.2) is 0 Å². The van der Waals surface area contributed by atoms with Gasteiger partial charge in [-0.2, -0.15) is 0 Å². The molecule has 1 aliphatic carbocycles. The molecule has 0 bridgehead atoms. The quantitative estimate of drug-likeness (QED) is 0.619. The molecule has 3 aliphatic rings. The van der Waals surface area contributed by atoms with E-state index in [-0.39, 0.29) is 0 Å². The lowest BCUT2D eigenvalue weighted by atomic mass is 9.69. The van der Waals surface area contributed by atoms with Gasteiger partial charge in [-0.25, -0.2) is 0 Å². The van der Waals surface area contributed by atoms with Gasteiger partial charge < -0.3 is 14.2 Å². The maximum Gasteiger partial charge on any atom is 0.119 e. The highest BCUT2D eigenvalue weighted by molar-refractivity contribution is 5.28. The maximum absolute atomic E-state index is 6.27. The highest BCUT2D eigenvalue weighted by Crippen LogP contribution is 2.47. The largest absolute Gasteiger partial charge is 0.497 e. The summed E-state index contributed by atoms with van der Waals surface area (Å²) in [6.45, 7) is 5.94. The summed E-state index contributed by atoms with van der Waals surface area (Å²) in [6, 6.07) is 9.21. The van der Waals surface area contributed by atoms with E-state index in [2.05, 4.69) is 28.0 Å². The third-order valence-corrected chi connectivity index (χ3v) is 7.40. The van der Waals surface area contributed by atoms with Gasteiger partial charge in [-0.3, -0.25) is 9.80 Å². The number of likely N-dealkylation sites (tertiary alicyclic amines) is 2. The van der Waals surface area contributed by atoms with Gasteiger partial charge in [0.05, 0.1) is 26.4 Å². The molecule has 0 aromatic heterocycles. The molecule has 2 saturated heterocycles. The SMILES string of the molecule is COCCOC1CN(C2CCN(Cc3cccc(OC)c3)CC2)C12CCCCC2. The van der Waals surface area contributed by atoms with Crippen molar-refractivity contribution in [1.82, 2.24) is 9.80 Å². The Morgan fingerprint density at radius 2 is 1.83 bits per heavy atom. The average molecular weight is 403 g/mol. The fraction of sp³-hybridized carbons (Fsp3) is 0.750. The summed E-state index contributed by atoms with van der Waals surface area (Å²) in [6.07, 6.45) is 9.69. The van der Waals surface area contributed by atoms with Crippen LogP contribution in [0, 0.1) is 0 Å². The Bertz CT molecular complexity index is 639. The summed E-state index contributed by atoms with van der Waals surface area (Å²) in [5.41, 5.74) is 1.66. The first-order valence-corrected chi connectivity index (χ1v) is 11.5. The van der Waals surface area contributed by atoms with Crippen LogP contribution in [0.25, 0.3) is 0 Å². The molecule has 162 valence electrons. The summed E-state index contributed by atoms with van der Waals surface area (Å²) in [7, 11) is 3.50. The summed E-state index contributed by atoms with van der Waals surface area (Å²) in [4.78, 5) is 5.44. The fourth-order valence-corrected chi connectivity index (χ4v) is 5.79. The molecule has 5 heteroatoms. The van der Waals surface area contributed by atoms with Crippen molar-refractivity contribution in [1.29, 1.82) is 0 Å². The second-order valence-electron chi connectivity index (χ2n) is 9.03. The van der Waals surface area contributed by atoms with Crippen molar-refractivity contribution >= 4 is 0 Å². The normalized spacial score (nSPS) is 25.8. The monoisotopic (exact) mass is 402 g/mol. The van der Waals surface area contributed by atoms with Crippen molar-refractivity contribution in [3.63, 3.8) is 0 Å². The van der Waals surface area contributed by atoms with E-state index < -0.39 is 0 Å². The number of methoxy groups -OCH3 is 2. The van der Waals surface area contributed by atoms with Crippen molar-refractivity contribution in [2.24, 2.45) is 0 Å². The lowest BCUT2D eigenvalue weighted by molar-refractivity contribution is -0.204. The van der Waals surface area contributed by atoms with Gasteiger partial charge in [0, 0.05) is 31.8 Å². The molecule has 0 radical (unpaired) electrons. The highest BCUT2D eigenvalue weighted by Gasteiger charge is 2.56. The molecule has 1 spiro atoms. The van der Waals surface area contributed by atoms with Crippen molar-refractivity contribution < 1.29 is 14.2 Å². The number of ether oxygens (including phenoxy) is 3. The van der Waals surface area contributed by atoms with E-state index >= 15 is 0 Å². The Morgan fingerprint density at radius 1 is 1.03 bits per heavy atom. The molecule has 1 aromatic carbocycles. The summed E-state index contributed by atoms with van der Waals surface area (Å²) in [5, 5.41) is 0. The second-order valence-corrected chi connectivity index (χ2v) is 9.03. The van der Waals surface area contributed by atoms with Crippen molar-refractivity contribution in [2.45, 2.75) is 69.2 Å². The first-order chi connectivity index (χ1) is 14.2. The molecule has 2 aliphatic heterocycles. The zero-order valence-corrected chi connectivity index (χ0v) is 18.3. The summed E-state index contributed by atoms with van der Waals surface area (Å²) < 4.78 is 16.8. The van der Waals surface area contributed by atoms with Crippen LogP contribution < -0.4 is 4.74 Å². The standard InChI is InChI=1S/C24H38N2O3/c1-27-15-16-29-23-19-26(24(23)11-4-3-5-12-24)21-9-13-25(14-10-21)18-20-7-6-8-22(17-20)28-2/h6-8,17,21,23H,3-5,9-16,18-19H2,1-2H3. The molecular weight excluding hydrogens is 364 g/mol. The molecule has 2 heterocycles. The molecule has 0 N–H and O–H groups in total. The fourth-order valence-electron chi connectivity index (χ4n) is 5.79. The Balaban J connectivity index is 1.31. The third kappa shape index (κ3) is 4.63. The van der Waals surface area contributed by atoms with E-state index in [0.717, 1.165) is 31.5 Å². The van der Waals surface area contributed by atoms with Gasteiger partial charge >= 0.3 is 0 Å². The predicted octanol–water partition coefficient (Wildman–Crippen LogP) is 3.71. The summed E-state index contributed by atoms with van der Waals surface area (Å²) in [5.74, 6) is 0.955. The van der Waals surface area contributed by atoms with Crippen molar-refractivity contribution in [3.05, 3.63) is 29.8 Å². The van der Waals surface area contributed by atoms with E-state index in [1.54, 1.807) is 14.2 Å². The van der Waals surface area contributed by atoms with Crippen molar-refractivity contribution in [3.8, 4) is 5.75 Å². The molecule has 0 amide bonds. The lowest BCUT2D eigenvalue weighted by Gasteiger charge is -2.63. The minimum Gasteiger partial charge on any atom is -0.497 e. The zero-order valence-electron chi connectivity index (χ0n) is 18.3. The van der Waals surface area contributed by atoms with E-state index in [9.17, 15) is 0 Å².